The van der Waals surface area contributed by atoms with Crippen LogP contribution in [0.3, 0.4) is 0 Å². The molecule has 118 valence electrons. The van der Waals surface area contributed by atoms with Crippen molar-refractivity contribution in [1.29, 1.82) is 0 Å². The van der Waals surface area contributed by atoms with Crippen LogP contribution in [0.4, 0.5) is 10.1 Å². The summed E-state index contributed by atoms with van der Waals surface area (Å²) >= 11 is 0. The molecule has 2 unspecified atom stereocenters. The lowest BCUT2D eigenvalue weighted by atomic mass is 10.0. The lowest BCUT2D eigenvalue weighted by Crippen LogP contribution is -2.31. The van der Waals surface area contributed by atoms with E-state index in [9.17, 15) is 4.39 Å². The molecule has 2 rings (SSSR count). The molecular weight excluding hydrogens is 267 g/mol. The van der Waals surface area contributed by atoms with Crippen molar-refractivity contribution in [3.05, 3.63) is 29.6 Å². The Labute approximate surface area is 127 Å². The Morgan fingerprint density at radius 3 is 2.95 bits per heavy atom. The topological polar surface area (TPSA) is 24.5 Å². The molecule has 1 saturated heterocycles. The summed E-state index contributed by atoms with van der Waals surface area (Å²) in [4.78, 5) is 2.12. The molecule has 0 amide bonds. The molecule has 1 aliphatic rings. The van der Waals surface area contributed by atoms with E-state index < -0.39 is 0 Å². The van der Waals surface area contributed by atoms with E-state index in [2.05, 4.69) is 17.1 Å². The average molecular weight is 294 g/mol. The highest BCUT2D eigenvalue weighted by Gasteiger charge is 2.21. The van der Waals surface area contributed by atoms with E-state index in [0.717, 1.165) is 50.2 Å². The molecule has 1 aliphatic heterocycles. The fourth-order valence-corrected chi connectivity index (χ4v) is 2.94. The number of anilines is 1. The van der Waals surface area contributed by atoms with Crippen LogP contribution in [0.1, 0.15) is 44.7 Å². The number of benzene rings is 1. The number of halogens is 1. The smallest absolute Gasteiger partial charge is 0.130 e. The van der Waals surface area contributed by atoms with E-state index in [1.807, 2.05) is 20.0 Å². The molecule has 0 radical (unpaired) electrons. The fraction of sp³-hybridized carbons (Fsp3) is 0.647. The van der Waals surface area contributed by atoms with Crippen molar-refractivity contribution in [2.24, 2.45) is 0 Å². The van der Waals surface area contributed by atoms with Gasteiger partial charge in [-0.05, 0) is 44.9 Å². The first kappa shape index (κ1) is 16.2. The number of rotatable bonds is 7. The van der Waals surface area contributed by atoms with Crippen LogP contribution in [0.15, 0.2) is 18.2 Å². The molecule has 21 heavy (non-hydrogen) atoms. The predicted octanol–water partition coefficient (Wildman–Crippen LogP) is 3.50. The molecule has 3 nitrogen and oxygen atoms in total. The summed E-state index contributed by atoms with van der Waals surface area (Å²) in [6.45, 7) is 6.70. The van der Waals surface area contributed by atoms with Gasteiger partial charge in [-0.25, -0.2) is 4.39 Å². The maximum absolute atomic E-state index is 14.3. The Bertz CT molecular complexity index is 446. The number of ether oxygens (including phenoxy) is 1. The third-order valence-corrected chi connectivity index (χ3v) is 4.08. The molecular formula is C17H27FN2O. The van der Waals surface area contributed by atoms with Crippen LogP contribution in [-0.4, -0.2) is 32.8 Å². The largest absolute Gasteiger partial charge is 0.376 e. The van der Waals surface area contributed by atoms with Crippen molar-refractivity contribution in [2.45, 2.75) is 45.3 Å². The lowest BCUT2D eigenvalue weighted by Gasteiger charge is -2.28. The Hall–Kier alpha value is -1.13. The third kappa shape index (κ3) is 4.17. The van der Waals surface area contributed by atoms with Gasteiger partial charge in [0.15, 0.2) is 0 Å². The van der Waals surface area contributed by atoms with Gasteiger partial charge in [0, 0.05) is 37.5 Å². The van der Waals surface area contributed by atoms with Gasteiger partial charge in [-0.1, -0.05) is 13.0 Å². The highest BCUT2D eigenvalue weighted by atomic mass is 19.1. The summed E-state index contributed by atoms with van der Waals surface area (Å²) in [5.74, 6) is -0.136. The Balaban J connectivity index is 2.15. The van der Waals surface area contributed by atoms with Gasteiger partial charge in [-0.15, -0.1) is 0 Å². The quantitative estimate of drug-likeness (QED) is 0.833. The van der Waals surface area contributed by atoms with Crippen LogP contribution in [0.5, 0.6) is 0 Å². The molecule has 1 N–H and O–H groups in total. The number of nitrogens with zero attached hydrogens (tertiary/aromatic N) is 1. The molecule has 0 bridgehead atoms. The lowest BCUT2D eigenvalue weighted by molar-refractivity contribution is 0.116. The van der Waals surface area contributed by atoms with E-state index >= 15 is 0 Å². The van der Waals surface area contributed by atoms with Crippen LogP contribution in [-0.2, 0) is 4.74 Å². The maximum Gasteiger partial charge on any atom is 0.130 e. The monoisotopic (exact) mass is 294 g/mol. The first-order chi connectivity index (χ1) is 10.1. The first-order valence-corrected chi connectivity index (χ1v) is 7.98. The van der Waals surface area contributed by atoms with Gasteiger partial charge in [-0.2, -0.15) is 0 Å². The van der Waals surface area contributed by atoms with E-state index in [0.29, 0.717) is 0 Å². The summed E-state index contributed by atoms with van der Waals surface area (Å²) in [5.41, 5.74) is 1.72. The van der Waals surface area contributed by atoms with Gasteiger partial charge < -0.3 is 15.0 Å². The zero-order chi connectivity index (χ0) is 15.2. The van der Waals surface area contributed by atoms with Crippen LogP contribution in [0.2, 0.25) is 0 Å². The van der Waals surface area contributed by atoms with Crippen LogP contribution in [0.25, 0.3) is 0 Å². The second kappa shape index (κ2) is 7.76. The van der Waals surface area contributed by atoms with Crippen molar-refractivity contribution in [1.82, 2.24) is 5.32 Å². The minimum atomic E-state index is -0.136. The van der Waals surface area contributed by atoms with Crippen LogP contribution < -0.4 is 10.2 Å². The summed E-state index contributed by atoms with van der Waals surface area (Å²) in [6, 6.07) is 5.33. The molecule has 1 fully saturated rings. The molecule has 1 aromatic rings. The Morgan fingerprint density at radius 2 is 2.29 bits per heavy atom. The second-order valence-corrected chi connectivity index (χ2v) is 5.86. The van der Waals surface area contributed by atoms with Crippen molar-refractivity contribution in [3.63, 3.8) is 0 Å². The van der Waals surface area contributed by atoms with Crippen molar-refractivity contribution in [3.8, 4) is 0 Å². The molecule has 4 heteroatoms. The molecule has 0 spiro atoms. The Morgan fingerprint density at radius 1 is 1.48 bits per heavy atom. The van der Waals surface area contributed by atoms with Crippen molar-refractivity contribution >= 4 is 5.69 Å². The summed E-state index contributed by atoms with van der Waals surface area (Å²) in [5, 5.41) is 3.38. The van der Waals surface area contributed by atoms with Crippen LogP contribution in [0, 0.1) is 5.82 Å². The zero-order valence-corrected chi connectivity index (χ0v) is 13.4. The predicted molar refractivity (Wildman–Crippen MR) is 85.4 cm³/mol. The third-order valence-electron chi connectivity index (χ3n) is 4.08. The minimum absolute atomic E-state index is 0.00750. The summed E-state index contributed by atoms with van der Waals surface area (Å²) in [7, 11) is 2.02. The number of hydrogen-bond acceptors (Lipinski definition) is 3. The van der Waals surface area contributed by atoms with Crippen molar-refractivity contribution in [2.75, 3.05) is 31.6 Å². The Kier molecular flexibility index (Phi) is 6.00. The van der Waals surface area contributed by atoms with E-state index in [4.69, 9.17) is 4.74 Å². The standard InChI is InChI=1S/C17H27FN2O/c1-4-10-19-13(2)17-15(18)8-5-9-16(17)20(3)12-14-7-6-11-21-14/h5,8-9,13-14,19H,4,6-7,10-12H2,1-3H3. The number of likely N-dealkylation sites (N-methyl/N-ethyl adjacent to an activating group) is 1. The normalized spacial score (nSPS) is 19.7. The number of hydrogen-bond donors (Lipinski definition) is 1. The average Bonchev–Trinajstić information content (AvgIpc) is 2.97. The van der Waals surface area contributed by atoms with Crippen molar-refractivity contribution < 1.29 is 9.13 Å². The fourth-order valence-electron chi connectivity index (χ4n) is 2.94. The molecule has 0 aromatic heterocycles. The van der Waals surface area contributed by atoms with Gasteiger partial charge in [0.25, 0.3) is 0 Å². The SMILES string of the molecule is CCCNC(C)c1c(F)cccc1N(C)CC1CCCO1. The number of nitrogens with one attached hydrogen (secondary N) is 1. The van der Waals surface area contributed by atoms with E-state index in [-0.39, 0.29) is 18.0 Å². The summed E-state index contributed by atoms with van der Waals surface area (Å²) in [6.07, 6.45) is 3.53. The van der Waals surface area contributed by atoms with Gasteiger partial charge in [0.05, 0.1) is 6.10 Å². The minimum Gasteiger partial charge on any atom is -0.376 e. The highest BCUT2D eigenvalue weighted by molar-refractivity contribution is 5.55. The second-order valence-electron chi connectivity index (χ2n) is 5.86. The summed E-state index contributed by atoms with van der Waals surface area (Å²) < 4.78 is 20.0. The van der Waals surface area contributed by atoms with Crippen LogP contribution >= 0.6 is 0 Å². The molecule has 0 aliphatic carbocycles. The molecule has 2 atom stereocenters. The first-order valence-electron chi connectivity index (χ1n) is 7.98. The molecule has 1 aromatic carbocycles. The van der Waals surface area contributed by atoms with Gasteiger partial charge in [-0.3, -0.25) is 0 Å². The van der Waals surface area contributed by atoms with E-state index in [1.54, 1.807) is 12.1 Å². The van der Waals surface area contributed by atoms with Gasteiger partial charge in [0.2, 0.25) is 0 Å². The molecule has 1 heterocycles. The molecule has 0 saturated carbocycles. The van der Waals surface area contributed by atoms with Gasteiger partial charge in [0.1, 0.15) is 5.82 Å². The highest BCUT2D eigenvalue weighted by Crippen LogP contribution is 2.29. The van der Waals surface area contributed by atoms with Gasteiger partial charge >= 0.3 is 0 Å². The maximum atomic E-state index is 14.3. The zero-order valence-electron chi connectivity index (χ0n) is 13.4. The van der Waals surface area contributed by atoms with E-state index in [1.165, 1.54) is 0 Å².